The number of H-pyrrole nitrogens is 1. The Labute approximate surface area is 89.1 Å². The normalized spacial score (nSPS) is 12.0. The van der Waals surface area contributed by atoms with Crippen LogP contribution in [0.25, 0.3) is 10.9 Å². The van der Waals surface area contributed by atoms with Gasteiger partial charge in [-0.1, -0.05) is 12.1 Å². The van der Waals surface area contributed by atoms with Gasteiger partial charge in [0.25, 0.3) is 5.78 Å². The molecule has 1 aromatic carbocycles. The highest BCUT2D eigenvalue weighted by molar-refractivity contribution is 6.10. The highest BCUT2D eigenvalue weighted by Crippen LogP contribution is 2.27. The lowest BCUT2D eigenvalue weighted by Gasteiger charge is -2.03. The zero-order valence-electron chi connectivity index (χ0n) is 8.35. The van der Waals surface area contributed by atoms with Crippen LogP contribution in [0.5, 0.6) is 0 Å². The van der Waals surface area contributed by atoms with Crippen molar-refractivity contribution >= 4 is 16.7 Å². The van der Waals surface area contributed by atoms with Crippen molar-refractivity contribution in [1.82, 2.24) is 4.98 Å². The molecule has 84 valence electrons. The van der Waals surface area contributed by atoms with E-state index in [0.717, 1.165) is 11.8 Å². The molecule has 0 bridgehead atoms. The van der Waals surface area contributed by atoms with Crippen LogP contribution in [0.3, 0.4) is 0 Å². The maximum atomic E-state index is 12.3. The number of hydrogen-bond acceptors (Lipinski definition) is 1. The summed E-state index contributed by atoms with van der Waals surface area (Å²) >= 11 is 0. The Morgan fingerprint density at radius 2 is 2.00 bits per heavy atom. The van der Waals surface area contributed by atoms with E-state index < -0.39 is 12.0 Å². The predicted molar refractivity (Wildman–Crippen MR) is 53.4 cm³/mol. The molecule has 0 saturated heterocycles. The van der Waals surface area contributed by atoms with E-state index >= 15 is 0 Å². The number of ketones is 1. The van der Waals surface area contributed by atoms with Crippen LogP contribution in [0, 0.1) is 6.92 Å². The fraction of sp³-hybridized carbons (Fsp3) is 0.182. The molecule has 0 aliphatic carbocycles. The minimum absolute atomic E-state index is 0.299. The molecule has 2 nitrogen and oxygen atoms in total. The molecule has 0 saturated carbocycles. The van der Waals surface area contributed by atoms with Crippen molar-refractivity contribution in [2.24, 2.45) is 0 Å². The molecule has 5 heteroatoms. The summed E-state index contributed by atoms with van der Waals surface area (Å²) in [6.45, 7) is 1.82. The number of Topliss-reactive ketones (excluding diaryl/α,β-unsaturated/α-hetero) is 1. The molecule has 0 fully saturated rings. The third-order valence-corrected chi connectivity index (χ3v) is 2.34. The average Bonchev–Trinajstić information content (AvgIpc) is 2.57. The van der Waals surface area contributed by atoms with Crippen LogP contribution < -0.4 is 0 Å². The van der Waals surface area contributed by atoms with Crippen molar-refractivity contribution in [1.29, 1.82) is 0 Å². The summed E-state index contributed by atoms with van der Waals surface area (Å²) in [5.41, 5.74) is 1.12. The number of aromatic nitrogens is 1. The molecule has 0 radical (unpaired) electrons. The Balaban J connectivity index is 2.59. The van der Waals surface area contributed by atoms with Gasteiger partial charge in [0.1, 0.15) is 0 Å². The van der Waals surface area contributed by atoms with Gasteiger partial charge in [-0.2, -0.15) is 13.2 Å². The topological polar surface area (TPSA) is 32.9 Å². The quantitative estimate of drug-likeness (QED) is 0.745. The summed E-state index contributed by atoms with van der Waals surface area (Å²) < 4.78 is 36.8. The van der Waals surface area contributed by atoms with E-state index in [1.807, 2.05) is 6.92 Å². The molecule has 0 atom stereocenters. The monoisotopic (exact) mass is 227 g/mol. The van der Waals surface area contributed by atoms with Gasteiger partial charge in [0.05, 0.1) is 5.56 Å². The molecule has 0 unspecified atom stereocenters. The summed E-state index contributed by atoms with van der Waals surface area (Å²) in [7, 11) is 0. The van der Waals surface area contributed by atoms with Gasteiger partial charge in [-0.25, -0.2) is 0 Å². The third kappa shape index (κ3) is 1.68. The number of fused-ring (bicyclic) bond motifs is 1. The van der Waals surface area contributed by atoms with Gasteiger partial charge in [-0.15, -0.1) is 0 Å². The summed E-state index contributed by atoms with van der Waals surface area (Å²) in [6.07, 6.45) is -3.74. The summed E-state index contributed by atoms with van der Waals surface area (Å²) in [4.78, 5) is 13.7. The van der Waals surface area contributed by atoms with Gasteiger partial charge in [0.15, 0.2) is 0 Å². The average molecular weight is 227 g/mol. The Bertz CT molecular complexity index is 554. The van der Waals surface area contributed by atoms with Crippen LogP contribution in [0.4, 0.5) is 13.2 Å². The van der Waals surface area contributed by atoms with E-state index in [1.165, 1.54) is 6.07 Å². The van der Waals surface area contributed by atoms with Crippen LogP contribution in [0.2, 0.25) is 0 Å². The highest BCUT2D eigenvalue weighted by Gasteiger charge is 2.40. The first-order valence-corrected chi connectivity index (χ1v) is 4.59. The lowest BCUT2D eigenvalue weighted by Crippen LogP contribution is -2.22. The minimum atomic E-state index is -4.83. The molecule has 0 amide bonds. The molecule has 2 aromatic rings. The molecule has 1 heterocycles. The van der Waals surface area contributed by atoms with Crippen LogP contribution >= 0.6 is 0 Å². The van der Waals surface area contributed by atoms with E-state index in [4.69, 9.17) is 0 Å². The molecule has 1 N–H and O–H groups in total. The zero-order chi connectivity index (χ0) is 11.9. The van der Waals surface area contributed by atoms with Crippen LogP contribution in [0.1, 0.15) is 15.9 Å². The SMILES string of the molecule is Cc1ccc2c(C(=O)C(F)(F)F)c[nH]c2c1. The second kappa shape index (κ2) is 3.37. The molecular formula is C11H8F3NO. The number of carbonyl (C=O) groups is 1. The van der Waals surface area contributed by atoms with Crippen molar-refractivity contribution < 1.29 is 18.0 Å². The Kier molecular flexibility index (Phi) is 2.26. The Morgan fingerprint density at radius 3 is 2.62 bits per heavy atom. The second-order valence-corrected chi connectivity index (χ2v) is 3.58. The van der Waals surface area contributed by atoms with Crippen molar-refractivity contribution in [2.75, 3.05) is 0 Å². The first-order chi connectivity index (χ1) is 7.39. The van der Waals surface area contributed by atoms with Crippen molar-refractivity contribution in [2.45, 2.75) is 13.1 Å². The zero-order valence-corrected chi connectivity index (χ0v) is 8.35. The standard InChI is InChI=1S/C11H8F3NO/c1-6-2-3-7-8(5-15-9(7)4-6)10(16)11(12,13)14/h2-5,15H,1H3. The molecule has 1 aromatic heterocycles. The molecule has 2 rings (SSSR count). The Hall–Kier alpha value is -1.78. The second-order valence-electron chi connectivity index (χ2n) is 3.58. The van der Waals surface area contributed by atoms with Crippen LogP contribution in [-0.4, -0.2) is 16.9 Å². The third-order valence-electron chi connectivity index (χ3n) is 2.34. The lowest BCUT2D eigenvalue weighted by atomic mass is 10.1. The van der Waals surface area contributed by atoms with E-state index in [0.29, 0.717) is 10.9 Å². The number of benzene rings is 1. The van der Waals surface area contributed by atoms with E-state index in [1.54, 1.807) is 12.1 Å². The van der Waals surface area contributed by atoms with E-state index in [2.05, 4.69) is 4.98 Å². The number of aryl methyl sites for hydroxylation is 1. The first-order valence-electron chi connectivity index (χ1n) is 4.59. The summed E-state index contributed by atoms with van der Waals surface area (Å²) in [5, 5.41) is 0.299. The number of alkyl halides is 3. The van der Waals surface area contributed by atoms with Gasteiger partial charge in [-0.3, -0.25) is 4.79 Å². The number of rotatable bonds is 1. The van der Waals surface area contributed by atoms with Crippen LogP contribution in [0.15, 0.2) is 24.4 Å². The smallest absolute Gasteiger partial charge is 0.360 e. The predicted octanol–water partition coefficient (Wildman–Crippen LogP) is 3.22. The van der Waals surface area contributed by atoms with E-state index in [-0.39, 0.29) is 5.56 Å². The molecule has 0 aliphatic rings. The summed E-state index contributed by atoms with van der Waals surface area (Å²) in [5.74, 6) is -1.82. The van der Waals surface area contributed by atoms with Gasteiger partial charge >= 0.3 is 6.18 Å². The number of hydrogen-bond donors (Lipinski definition) is 1. The fourth-order valence-electron chi connectivity index (χ4n) is 1.58. The maximum absolute atomic E-state index is 12.3. The van der Waals surface area contributed by atoms with Crippen molar-refractivity contribution in [3.05, 3.63) is 35.5 Å². The highest BCUT2D eigenvalue weighted by atomic mass is 19.4. The lowest BCUT2D eigenvalue weighted by molar-refractivity contribution is -0.0884. The van der Waals surface area contributed by atoms with E-state index in [9.17, 15) is 18.0 Å². The number of carbonyl (C=O) groups excluding carboxylic acids is 1. The number of halogens is 3. The molecular weight excluding hydrogens is 219 g/mol. The number of aromatic amines is 1. The molecule has 16 heavy (non-hydrogen) atoms. The van der Waals surface area contributed by atoms with Gasteiger partial charge in [0.2, 0.25) is 0 Å². The maximum Gasteiger partial charge on any atom is 0.454 e. The number of nitrogens with one attached hydrogen (secondary N) is 1. The Morgan fingerprint density at radius 1 is 1.31 bits per heavy atom. The fourth-order valence-corrected chi connectivity index (χ4v) is 1.58. The first kappa shape index (κ1) is 10.7. The van der Waals surface area contributed by atoms with Crippen LogP contribution in [-0.2, 0) is 0 Å². The van der Waals surface area contributed by atoms with Gasteiger partial charge in [0, 0.05) is 17.1 Å². The van der Waals surface area contributed by atoms with Crippen molar-refractivity contribution in [3.8, 4) is 0 Å². The molecule has 0 aliphatic heterocycles. The summed E-state index contributed by atoms with van der Waals surface area (Å²) in [6, 6.07) is 4.88. The largest absolute Gasteiger partial charge is 0.454 e. The molecule has 0 spiro atoms. The van der Waals surface area contributed by atoms with Gasteiger partial charge in [-0.05, 0) is 18.6 Å². The van der Waals surface area contributed by atoms with Gasteiger partial charge < -0.3 is 4.98 Å². The van der Waals surface area contributed by atoms with Crippen molar-refractivity contribution in [3.63, 3.8) is 0 Å². The minimum Gasteiger partial charge on any atom is -0.360 e.